The first-order valence-electron chi connectivity index (χ1n) is 8.44. The number of likely N-dealkylation sites (tertiary alicyclic amines) is 1. The van der Waals surface area contributed by atoms with Gasteiger partial charge in [0.1, 0.15) is 6.04 Å². The van der Waals surface area contributed by atoms with Crippen molar-refractivity contribution >= 4 is 11.6 Å². The second-order valence-corrected chi connectivity index (χ2v) is 6.40. The van der Waals surface area contributed by atoms with Crippen molar-refractivity contribution in [2.75, 3.05) is 18.0 Å². The van der Waals surface area contributed by atoms with Gasteiger partial charge < -0.3 is 4.90 Å². The maximum absolute atomic E-state index is 12.9. The molecule has 4 heteroatoms. The lowest BCUT2D eigenvalue weighted by atomic mass is 10.0. The molecule has 0 saturated carbocycles. The van der Waals surface area contributed by atoms with Crippen LogP contribution in [-0.4, -0.2) is 29.9 Å². The Balaban J connectivity index is 1.61. The molecule has 0 spiro atoms. The summed E-state index contributed by atoms with van der Waals surface area (Å²) in [7, 11) is 0. The summed E-state index contributed by atoms with van der Waals surface area (Å²) in [6.07, 6.45) is 4.73. The fraction of sp³-hybridized carbons (Fsp3) is 0.300. The average molecular weight is 317 g/mol. The Hall–Kier alpha value is -2.80. The van der Waals surface area contributed by atoms with E-state index >= 15 is 0 Å². The summed E-state index contributed by atoms with van der Waals surface area (Å²) in [5.74, 6) is 0.0697. The van der Waals surface area contributed by atoms with E-state index in [0.29, 0.717) is 13.1 Å². The Morgan fingerprint density at radius 3 is 2.71 bits per heavy atom. The van der Waals surface area contributed by atoms with E-state index < -0.39 is 0 Å². The van der Waals surface area contributed by atoms with Crippen LogP contribution in [0.15, 0.2) is 48.5 Å². The van der Waals surface area contributed by atoms with E-state index in [1.54, 1.807) is 4.90 Å². The van der Waals surface area contributed by atoms with E-state index in [9.17, 15) is 10.1 Å². The highest BCUT2D eigenvalue weighted by atomic mass is 16.2. The summed E-state index contributed by atoms with van der Waals surface area (Å²) in [5, 5.41) is 9.19. The molecule has 2 aromatic carbocycles. The molecule has 4 rings (SSSR count). The number of nitrogens with zero attached hydrogens (tertiary/aromatic N) is 3. The van der Waals surface area contributed by atoms with Gasteiger partial charge in [0.05, 0.1) is 0 Å². The fourth-order valence-electron chi connectivity index (χ4n) is 3.76. The highest BCUT2D eigenvalue weighted by Gasteiger charge is 2.36. The monoisotopic (exact) mass is 317 g/mol. The van der Waals surface area contributed by atoms with Crippen LogP contribution < -0.4 is 4.90 Å². The minimum atomic E-state index is -0.283. The third-order valence-electron chi connectivity index (χ3n) is 5.01. The smallest absolute Gasteiger partial charge is 0.250 e. The molecule has 2 aromatic rings. The molecular weight excluding hydrogens is 298 g/mol. The first kappa shape index (κ1) is 14.8. The third kappa shape index (κ3) is 2.43. The maximum Gasteiger partial charge on any atom is 0.250 e. The molecule has 2 aliphatic rings. The molecular formula is C20H19N3O. The highest BCUT2D eigenvalue weighted by molar-refractivity contribution is 5.99. The number of carbonyl (C=O) groups is 1. The number of fused-ring (bicyclic) bond motifs is 1. The molecule has 0 unspecified atom stereocenters. The van der Waals surface area contributed by atoms with Crippen LogP contribution in [0.1, 0.15) is 18.4 Å². The van der Waals surface area contributed by atoms with E-state index in [2.05, 4.69) is 30.5 Å². The first-order valence-corrected chi connectivity index (χ1v) is 8.44. The van der Waals surface area contributed by atoms with Gasteiger partial charge in [-0.2, -0.15) is 5.26 Å². The van der Waals surface area contributed by atoms with Crippen molar-refractivity contribution in [3.05, 3.63) is 54.1 Å². The lowest BCUT2D eigenvalue weighted by Crippen LogP contribution is -2.43. The Bertz CT molecular complexity index is 809. The number of hydrogen-bond donors (Lipinski definition) is 0. The maximum atomic E-state index is 12.9. The van der Waals surface area contributed by atoms with Crippen molar-refractivity contribution in [3.8, 4) is 17.3 Å². The van der Waals surface area contributed by atoms with Crippen molar-refractivity contribution in [1.82, 2.24) is 4.90 Å². The molecule has 1 saturated heterocycles. The number of anilines is 1. The van der Waals surface area contributed by atoms with Crippen LogP contribution in [-0.2, 0) is 11.2 Å². The summed E-state index contributed by atoms with van der Waals surface area (Å²) in [5.41, 5.74) is 4.59. The van der Waals surface area contributed by atoms with Gasteiger partial charge in [-0.05, 0) is 48.1 Å². The van der Waals surface area contributed by atoms with Crippen molar-refractivity contribution in [3.63, 3.8) is 0 Å². The molecule has 1 fully saturated rings. The van der Waals surface area contributed by atoms with Crippen LogP contribution in [0.4, 0.5) is 5.69 Å². The van der Waals surface area contributed by atoms with Crippen molar-refractivity contribution < 1.29 is 4.79 Å². The zero-order valence-corrected chi connectivity index (χ0v) is 13.5. The van der Waals surface area contributed by atoms with Crippen LogP contribution >= 0.6 is 0 Å². The zero-order valence-electron chi connectivity index (χ0n) is 13.5. The number of rotatable bonds is 2. The van der Waals surface area contributed by atoms with Crippen LogP contribution in [0.5, 0.6) is 0 Å². The average Bonchev–Trinajstić information content (AvgIpc) is 3.28. The lowest BCUT2D eigenvalue weighted by Gasteiger charge is -2.24. The van der Waals surface area contributed by atoms with E-state index in [4.69, 9.17) is 0 Å². The van der Waals surface area contributed by atoms with Crippen molar-refractivity contribution in [1.29, 1.82) is 5.26 Å². The van der Waals surface area contributed by atoms with Gasteiger partial charge in [0.2, 0.25) is 5.91 Å². The molecule has 0 N–H and O–H groups in total. The van der Waals surface area contributed by atoms with Gasteiger partial charge in [-0.3, -0.25) is 9.69 Å². The molecule has 0 bridgehead atoms. The zero-order chi connectivity index (χ0) is 16.5. The van der Waals surface area contributed by atoms with E-state index in [-0.39, 0.29) is 11.9 Å². The van der Waals surface area contributed by atoms with E-state index in [0.717, 1.165) is 24.9 Å². The molecule has 2 aliphatic heterocycles. The third-order valence-corrected chi connectivity index (χ3v) is 5.01. The minimum absolute atomic E-state index is 0.0697. The Labute approximate surface area is 141 Å². The lowest BCUT2D eigenvalue weighted by molar-refractivity contribution is -0.121. The van der Waals surface area contributed by atoms with Gasteiger partial charge in [-0.25, -0.2) is 0 Å². The first-order chi connectivity index (χ1) is 11.8. The predicted molar refractivity (Wildman–Crippen MR) is 93.3 cm³/mol. The fourth-order valence-corrected chi connectivity index (χ4v) is 3.76. The Kier molecular flexibility index (Phi) is 3.70. The highest BCUT2D eigenvalue weighted by Crippen LogP contribution is 2.34. The van der Waals surface area contributed by atoms with E-state index in [1.165, 1.54) is 16.7 Å². The van der Waals surface area contributed by atoms with Gasteiger partial charge in [-0.15, -0.1) is 0 Å². The molecule has 0 aliphatic carbocycles. The summed E-state index contributed by atoms with van der Waals surface area (Å²) in [4.78, 5) is 16.4. The number of hydrogen-bond acceptors (Lipinski definition) is 3. The molecule has 2 heterocycles. The predicted octanol–water partition coefficient (Wildman–Crippen LogP) is 3.19. The molecule has 0 aromatic heterocycles. The van der Waals surface area contributed by atoms with Crippen LogP contribution in [0.3, 0.4) is 0 Å². The summed E-state index contributed by atoms with van der Waals surface area (Å²) in [6.45, 7) is 1.41. The Morgan fingerprint density at radius 1 is 1.08 bits per heavy atom. The molecule has 4 nitrogen and oxygen atoms in total. The molecule has 24 heavy (non-hydrogen) atoms. The van der Waals surface area contributed by atoms with Gasteiger partial charge in [0.15, 0.2) is 6.19 Å². The van der Waals surface area contributed by atoms with Gasteiger partial charge in [0.25, 0.3) is 0 Å². The minimum Gasteiger partial charge on any atom is -0.310 e. The second-order valence-electron chi connectivity index (χ2n) is 6.40. The number of benzene rings is 2. The van der Waals surface area contributed by atoms with Crippen molar-refractivity contribution in [2.45, 2.75) is 25.3 Å². The molecule has 1 amide bonds. The van der Waals surface area contributed by atoms with Gasteiger partial charge in [-0.1, -0.05) is 36.4 Å². The van der Waals surface area contributed by atoms with Crippen LogP contribution in [0.25, 0.3) is 11.1 Å². The van der Waals surface area contributed by atoms with Gasteiger partial charge >= 0.3 is 0 Å². The summed E-state index contributed by atoms with van der Waals surface area (Å²) < 4.78 is 0. The second kappa shape index (κ2) is 6.01. The SMILES string of the molecule is N#CN1CCC[C@H]1C(=O)N1CCc2cc(-c3ccccc3)ccc21. The Morgan fingerprint density at radius 2 is 1.92 bits per heavy atom. The molecule has 1 atom stereocenters. The normalized spacial score (nSPS) is 19.2. The number of amides is 1. The molecule has 120 valence electrons. The van der Waals surface area contributed by atoms with Crippen LogP contribution in [0, 0.1) is 11.5 Å². The summed E-state index contributed by atoms with van der Waals surface area (Å²) in [6, 6.07) is 16.3. The van der Waals surface area contributed by atoms with E-state index in [1.807, 2.05) is 29.2 Å². The number of nitriles is 1. The van der Waals surface area contributed by atoms with Crippen LogP contribution in [0.2, 0.25) is 0 Å². The largest absolute Gasteiger partial charge is 0.310 e. The molecule has 0 radical (unpaired) electrons. The number of carbonyl (C=O) groups excluding carboxylic acids is 1. The summed E-state index contributed by atoms with van der Waals surface area (Å²) >= 11 is 0. The van der Waals surface area contributed by atoms with Gasteiger partial charge in [0, 0.05) is 18.8 Å². The van der Waals surface area contributed by atoms with Crippen molar-refractivity contribution in [2.24, 2.45) is 0 Å². The standard InChI is InChI=1S/C20H19N3O/c21-14-22-11-4-7-19(22)20(24)23-12-10-17-13-16(8-9-18(17)23)15-5-2-1-3-6-15/h1-3,5-6,8-9,13,19H,4,7,10-12H2/t19-/m0/s1. The quantitative estimate of drug-likeness (QED) is 0.799. The topological polar surface area (TPSA) is 47.3 Å².